The van der Waals surface area contributed by atoms with Crippen LogP contribution in [0.2, 0.25) is 0 Å². The lowest BCUT2D eigenvalue weighted by atomic mass is 9.60. The summed E-state index contributed by atoms with van der Waals surface area (Å²) in [7, 11) is -20.3. The number of hydrogen-bond donors (Lipinski definition) is 0. The van der Waals surface area contributed by atoms with Crippen molar-refractivity contribution in [3.05, 3.63) is 210 Å². The minimum Gasteiger partial charge on any atom is -0.219 e. The second-order valence-corrected chi connectivity index (χ2v) is 28.0. The third-order valence-corrected chi connectivity index (χ3v) is 24.8. The van der Waals surface area contributed by atoms with Crippen molar-refractivity contribution < 1.29 is 86.4 Å². The third kappa shape index (κ3) is 5.93. The van der Waals surface area contributed by atoms with E-state index in [0.29, 0.717) is 0 Å². The average Bonchev–Trinajstić information content (AvgIpc) is 1.75. The summed E-state index contributed by atoms with van der Waals surface area (Å²) in [6, 6.07) is 28.4. The van der Waals surface area contributed by atoms with E-state index >= 15 is 35.1 Å². The maximum absolute atomic E-state index is 15.5. The van der Waals surface area contributed by atoms with Gasteiger partial charge in [-0.2, -0.15) is 52.7 Å². The van der Waals surface area contributed by atoms with Gasteiger partial charge in [0.2, 0.25) is 39.3 Å². The van der Waals surface area contributed by atoms with Crippen LogP contribution in [0.3, 0.4) is 0 Å². The Morgan fingerprint density at radius 2 is 0.423 bits per heavy atom. The van der Waals surface area contributed by atoms with Crippen LogP contribution in [0, 0.1) is 21.7 Å². The molecule has 4 atom stereocenters. The van der Waals surface area contributed by atoms with Gasteiger partial charge in [-0.25, -0.2) is 33.7 Å². The van der Waals surface area contributed by atoms with Gasteiger partial charge < -0.3 is 0 Å². The molecule has 0 spiro atoms. The van der Waals surface area contributed by atoms with Crippen LogP contribution in [0.15, 0.2) is 188 Å². The van der Waals surface area contributed by atoms with Crippen molar-refractivity contribution in [2.45, 2.75) is 63.2 Å². The molecule has 12 rings (SSSR count). The molecule has 4 aliphatic heterocycles. The van der Waals surface area contributed by atoms with Gasteiger partial charge in [-0.15, -0.1) is 0 Å². The summed E-state index contributed by atoms with van der Waals surface area (Å²) in [5, 5.41) is 0. The minimum atomic E-state index is -6.10. The molecule has 0 bridgehead atoms. The summed E-state index contributed by atoms with van der Waals surface area (Å²) in [5.41, 5.74) is -17.6. The summed E-state index contributed by atoms with van der Waals surface area (Å²) in [4.78, 5) is -7.66. The topological polar surface area (TPSA) is 137 Å². The molecule has 0 N–H and O–H groups in total. The lowest BCUT2D eigenvalue weighted by Gasteiger charge is -2.44. The molecular formula is C54H36F12O8S4. The molecule has 0 radical (unpaired) electrons. The quantitative estimate of drug-likeness (QED) is 0.184. The van der Waals surface area contributed by atoms with Crippen LogP contribution >= 0.6 is 0 Å². The fraction of sp³-hybridized carbons (Fsp3) is 0.259. The molecule has 0 amide bonds. The summed E-state index contributed by atoms with van der Waals surface area (Å²) in [6.45, 7) is 4.41. The summed E-state index contributed by atoms with van der Waals surface area (Å²) >= 11 is 0. The van der Waals surface area contributed by atoms with Crippen molar-refractivity contribution >= 4 is 59.0 Å². The van der Waals surface area contributed by atoms with Crippen molar-refractivity contribution in [3.8, 4) is 0 Å². The van der Waals surface area contributed by atoms with Crippen LogP contribution in [0.1, 0.15) is 49.9 Å². The molecule has 4 heterocycles. The molecule has 4 aromatic rings. The number of sulfone groups is 4. The number of hydrogen-bond acceptors (Lipinski definition) is 8. The zero-order valence-electron chi connectivity index (χ0n) is 40.3. The molecule has 2 saturated carbocycles. The van der Waals surface area contributed by atoms with E-state index in [1.165, 1.54) is 97.1 Å². The second kappa shape index (κ2) is 15.4. The first-order valence-corrected chi connectivity index (χ1v) is 29.1. The first-order valence-electron chi connectivity index (χ1n) is 23.2. The zero-order valence-corrected chi connectivity index (χ0v) is 43.6. The van der Waals surface area contributed by atoms with E-state index in [1.807, 2.05) is 0 Å². The minimum absolute atomic E-state index is 0.000810. The summed E-state index contributed by atoms with van der Waals surface area (Å²) in [6.07, 6.45) is 4.06. The van der Waals surface area contributed by atoms with Crippen LogP contribution in [-0.4, -0.2) is 69.2 Å². The normalized spacial score (nSPS) is 32.3. The molecule has 408 valence electrons. The fourth-order valence-electron chi connectivity index (χ4n) is 12.3. The van der Waals surface area contributed by atoms with E-state index in [1.54, 1.807) is 24.3 Å². The molecule has 78 heavy (non-hydrogen) atoms. The highest BCUT2D eigenvalue weighted by Crippen LogP contribution is 2.78. The van der Waals surface area contributed by atoms with Gasteiger partial charge in [0.15, 0.2) is 0 Å². The number of allylic oxidation sites excluding steroid dienone is 12. The van der Waals surface area contributed by atoms with E-state index in [9.17, 15) is 51.2 Å². The molecular weight excluding hydrogens is 1130 g/mol. The number of fused-ring (bicyclic) bond motifs is 8. The molecule has 8 aliphatic rings. The Bertz CT molecular complexity index is 3650. The molecule has 0 saturated heterocycles. The van der Waals surface area contributed by atoms with Crippen LogP contribution in [0.25, 0.3) is 19.6 Å². The molecule has 4 aliphatic carbocycles. The molecule has 0 aromatic heterocycles. The van der Waals surface area contributed by atoms with E-state index in [-0.39, 0.29) is 22.3 Å². The molecule has 2 fully saturated rings. The van der Waals surface area contributed by atoms with Gasteiger partial charge in [0.25, 0.3) is 0 Å². The van der Waals surface area contributed by atoms with E-state index < -0.39 is 158 Å². The number of halogens is 12. The Hall–Kier alpha value is -6.24. The first kappa shape index (κ1) is 53.7. The SMILES string of the molecule is C[C@@]12C=C(c3ccccc3)S(=O)(=O)C1=C1C(=C3[C@@]2(C)C=C(c2ccccc2)S3(=O)=O)C(F)(F)C(F)(F)C1(F)F.C[C@@]12C=C(c3ccccc3)S(=O)(=O)C1=C1C(=C3[C@@]2(C)C=C(c2ccccc2)S3(=O)=O)C(F)(F)C(F)(F)C1(F)F. The Kier molecular flexibility index (Phi) is 10.6. The number of alkyl halides is 12. The zero-order chi connectivity index (χ0) is 57.2. The van der Waals surface area contributed by atoms with Gasteiger partial charge >= 0.3 is 35.5 Å². The van der Waals surface area contributed by atoms with Crippen molar-refractivity contribution in [1.29, 1.82) is 0 Å². The largest absolute Gasteiger partial charge is 0.380 e. The van der Waals surface area contributed by atoms with Gasteiger partial charge in [-0.1, -0.05) is 173 Å². The molecule has 0 unspecified atom stereocenters. The van der Waals surface area contributed by atoms with E-state index in [0.717, 1.165) is 52.0 Å². The predicted octanol–water partition coefficient (Wildman–Crippen LogP) is 12.8. The lowest BCUT2D eigenvalue weighted by Crippen LogP contribution is -2.47. The highest BCUT2D eigenvalue weighted by Gasteiger charge is 2.88. The molecule has 4 aromatic carbocycles. The van der Waals surface area contributed by atoms with Crippen LogP contribution in [0.4, 0.5) is 52.7 Å². The molecule has 8 nitrogen and oxygen atoms in total. The number of benzene rings is 4. The van der Waals surface area contributed by atoms with Gasteiger partial charge in [0.1, 0.15) is 0 Å². The summed E-state index contributed by atoms with van der Waals surface area (Å²) < 4.78 is 295. The predicted molar refractivity (Wildman–Crippen MR) is 264 cm³/mol. The highest BCUT2D eigenvalue weighted by atomic mass is 32.2. The van der Waals surface area contributed by atoms with E-state index in [4.69, 9.17) is 0 Å². The van der Waals surface area contributed by atoms with Crippen molar-refractivity contribution in [3.63, 3.8) is 0 Å². The third-order valence-electron chi connectivity index (χ3n) is 16.4. The Morgan fingerprint density at radius 1 is 0.269 bits per heavy atom. The average molecular weight is 1170 g/mol. The second-order valence-electron chi connectivity index (χ2n) is 20.6. The van der Waals surface area contributed by atoms with Crippen molar-refractivity contribution in [2.75, 3.05) is 0 Å². The van der Waals surface area contributed by atoms with Gasteiger partial charge in [0, 0.05) is 21.7 Å². The van der Waals surface area contributed by atoms with Crippen molar-refractivity contribution in [1.82, 2.24) is 0 Å². The maximum Gasteiger partial charge on any atom is 0.380 e. The van der Waals surface area contributed by atoms with Crippen LogP contribution in [-0.2, 0) is 39.3 Å². The summed E-state index contributed by atoms with van der Waals surface area (Å²) in [5.74, 6) is -35.0. The van der Waals surface area contributed by atoms with Gasteiger partial charge in [0.05, 0.1) is 61.5 Å². The Morgan fingerprint density at radius 3 is 0.577 bits per heavy atom. The Balaban J connectivity index is 0.000000165. The molecule has 24 heteroatoms. The maximum atomic E-state index is 15.5. The first-order chi connectivity index (χ1) is 35.8. The van der Waals surface area contributed by atoms with Gasteiger partial charge in [-0.05, 0) is 22.3 Å². The lowest BCUT2D eigenvalue weighted by molar-refractivity contribution is -0.258. The Labute approximate surface area is 437 Å². The van der Waals surface area contributed by atoms with Gasteiger partial charge in [-0.3, -0.25) is 0 Å². The van der Waals surface area contributed by atoms with E-state index in [2.05, 4.69) is 0 Å². The standard InChI is InChI=1S/2C27H18F6O4S2/c2*1-23-13-17(15-9-5-3-6-10-15)38(34,35)21(23)19-20(26(30,31)27(32,33)25(19,28)29)22-24(23,2)14-18(39(22,36)37)16-11-7-4-8-12-16/h2*3-14H,1-2H3/t2*23-,24-/m11/s1. The van der Waals surface area contributed by atoms with Crippen LogP contribution in [0.5, 0.6) is 0 Å². The smallest absolute Gasteiger partial charge is 0.219 e. The van der Waals surface area contributed by atoms with Crippen molar-refractivity contribution in [2.24, 2.45) is 21.7 Å². The highest BCUT2D eigenvalue weighted by molar-refractivity contribution is 8.06. The fourth-order valence-corrected chi connectivity index (χ4v) is 21.9. The number of rotatable bonds is 4. The van der Waals surface area contributed by atoms with Crippen LogP contribution < -0.4 is 0 Å². The monoisotopic (exact) mass is 1170 g/mol.